The van der Waals surface area contributed by atoms with Gasteiger partial charge in [-0.3, -0.25) is 0 Å². The Kier molecular flexibility index (Phi) is 7.07. The van der Waals surface area contributed by atoms with Crippen LogP contribution in [0.3, 0.4) is 0 Å². The van der Waals surface area contributed by atoms with Gasteiger partial charge in [-0.1, -0.05) is 30.3 Å². The maximum absolute atomic E-state index is 9.61. The number of aryl methyl sites for hydroxylation is 1. The number of thioether (sulfide) groups is 1. The highest BCUT2D eigenvalue weighted by Gasteiger charge is 2.33. The molecule has 0 saturated heterocycles. The monoisotopic (exact) mass is 542 g/mol. The van der Waals surface area contributed by atoms with Crippen molar-refractivity contribution in [3.63, 3.8) is 0 Å². The minimum atomic E-state index is -0.211. The van der Waals surface area contributed by atoms with Crippen LogP contribution < -0.4 is 4.74 Å². The van der Waals surface area contributed by atoms with Crippen LogP contribution in [0.2, 0.25) is 0 Å². The van der Waals surface area contributed by atoms with Gasteiger partial charge in [-0.05, 0) is 93.9 Å². The van der Waals surface area contributed by atoms with Gasteiger partial charge in [0.1, 0.15) is 23.4 Å². The molecule has 0 amide bonds. The second-order valence-electron chi connectivity index (χ2n) is 6.26. The minimum absolute atomic E-state index is 0.00365. The quantitative estimate of drug-likeness (QED) is 0.273. The molecular formula is C21H18IO3PS2. The van der Waals surface area contributed by atoms with Gasteiger partial charge in [0.15, 0.2) is 0 Å². The fraction of sp³-hybridized carbons (Fsp3) is 0.143. The third kappa shape index (κ3) is 5.17. The lowest BCUT2D eigenvalue weighted by Gasteiger charge is -2.34. The summed E-state index contributed by atoms with van der Waals surface area (Å²) in [5, 5.41) is 14.3. The SMILES string of the molecule is S=PI.[3H]Oc1cccc([C@@H]2Sc3cc(C)ccc3O[C@@H]2c2ccc(O)cc2)c1. The molecule has 4 rings (SSSR count). The summed E-state index contributed by atoms with van der Waals surface area (Å²) in [5.74, 6) is 1.60. The highest BCUT2D eigenvalue weighted by Crippen LogP contribution is 2.53. The molecule has 28 heavy (non-hydrogen) atoms. The molecule has 0 radical (unpaired) electrons. The van der Waals surface area contributed by atoms with E-state index in [4.69, 9.17) is 6.17 Å². The van der Waals surface area contributed by atoms with Crippen molar-refractivity contribution < 1.29 is 15.0 Å². The molecule has 0 fully saturated rings. The number of fused-ring (bicyclic) bond motifs is 1. The normalized spacial score (nSPS) is 18.1. The number of phenols is 2. The Morgan fingerprint density at radius 3 is 2.54 bits per heavy atom. The molecule has 3 aromatic rings. The smallest absolute Gasteiger partial charge is 0.293 e. The Labute approximate surface area is 190 Å². The minimum Gasteiger partial charge on any atom is -0.508 e. The fourth-order valence-electron chi connectivity index (χ4n) is 3.04. The number of hydrogen-bond acceptors (Lipinski definition) is 5. The zero-order chi connectivity index (χ0) is 20.8. The Morgan fingerprint density at radius 1 is 1.07 bits per heavy atom. The molecule has 144 valence electrons. The molecule has 2 N–H and O–H groups in total. The molecule has 0 bridgehead atoms. The van der Waals surface area contributed by atoms with E-state index in [1.165, 1.54) is 5.56 Å². The highest BCUT2D eigenvalue weighted by atomic mass is 127. The lowest BCUT2D eigenvalue weighted by Crippen LogP contribution is -2.19. The zero-order valence-corrected chi connectivity index (χ0v) is 19.6. The van der Waals surface area contributed by atoms with Crippen molar-refractivity contribution in [1.29, 1.82) is 1.43 Å². The van der Waals surface area contributed by atoms with E-state index in [9.17, 15) is 5.11 Å². The topological polar surface area (TPSA) is 49.7 Å². The number of rotatable bonds is 3. The van der Waals surface area contributed by atoms with Crippen LogP contribution >= 0.6 is 38.8 Å². The van der Waals surface area contributed by atoms with Crippen molar-refractivity contribution in [2.75, 3.05) is 0 Å². The summed E-state index contributed by atoms with van der Waals surface area (Å²) in [4.78, 5) is 2.07. The third-order valence-corrected chi connectivity index (χ3v) is 5.64. The van der Waals surface area contributed by atoms with Crippen LogP contribution in [0.4, 0.5) is 0 Å². The molecule has 0 aromatic heterocycles. The first kappa shape index (κ1) is 20.0. The van der Waals surface area contributed by atoms with Crippen molar-refractivity contribution in [2.45, 2.75) is 23.2 Å². The number of aromatic hydroxyl groups is 2. The molecule has 1 aliphatic heterocycles. The molecule has 0 spiro atoms. The van der Waals surface area contributed by atoms with E-state index >= 15 is 0 Å². The number of halogens is 1. The number of ether oxygens (including phenoxy) is 1. The van der Waals surface area contributed by atoms with Crippen LogP contribution in [0.15, 0.2) is 71.6 Å². The Morgan fingerprint density at radius 2 is 1.82 bits per heavy atom. The van der Waals surface area contributed by atoms with Gasteiger partial charge >= 0.3 is 0 Å². The molecule has 3 nitrogen and oxygen atoms in total. The summed E-state index contributed by atoms with van der Waals surface area (Å²) in [6.07, 6.45) is -0.211. The second-order valence-corrected chi connectivity index (χ2v) is 11.5. The van der Waals surface area contributed by atoms with Crippen molar-refractivity contribution >= 4 is 50.6 Å². The second kappa shape index (κ2) is 9.92. The largest absolute Gasteiger partial charge is 0.508 e. The van der Waals surface area contributed by atoms with E-state index in [0.29, 0.717) is 5.75 Å². The van der Waals surface area contributed by atoms with Crippen molar-refractivity contribution in [3.8, 4) is 17.2 Å². The first-order valence-corrected chi connectivity index (χ1v) is 14.0. The summed E-state index contributed by atoms with van der Waals surface area (Å²) in [6, 6.07) is 20.9. The van der Waals surface area contributed by atoms with Gasteiger partial charge in [0, 0.05) is 5.00 Å². The fourth-order valence-corrected chi connectivity index (χ4v) is 4.42. The van der Waals surface area contributed by atoms with Crippen molar-refractivity contribution in [1.82, 2.24) is 0 Å². The van der Waals surface area contributed by atoms with Gasteiger partial charge in [0.05, 0.1) is 10.1 Å². The Balaban J connectivity index is 0.000000755. The summed E-state index contributed by atoms with van der Waals surface area (Å²) in [6.45, 7) is 2.07. The van der Waals surface area contributed by atoms with Crippen molar-refractivity contribution in [3.05, 3.63) is 83.4 Å². The van der Waals surface area contributed by atoms with E-state index in [0.717, 1.165) is 26.8 Å². The van der Waals surface area contributed by atoms with Gasteiger partial charge in [-0.25, -0.2) is 0 Å². The maximum Gasteiger partial charge on any atom is 0.293 e. The lowest BCUT2D eigenvalue weighted by molar-refractivity contribution is 0.190. The van der Waals surface area contributed by atoms with Crippen LogP contribution in [0.1, 0.15) is 28.0 Å². The van der Waals surface area contributed by atoms with E-state index < -0.39 is 0 Å². The standard InChI is InChI=1S/C21H18O3S.IPS/c1-13-5-10-18-19(11-13)25-21(15-3-2-4-17(23)12-15)20(24-18)14-6-8-16(22)9-7-14;1-2-3/h2-12,20-23H,1H3;/t20-,21+;/m1./s1/i/hT. The van der Waals surface area contributed by atoms with Crippen LogP contribution in [-0.4, -0.2) is 11.6 Å². The summed E-state index contributed by atoms with van der Waals surface area (Å²) in [7, 11) is 0. The molecule has 1 aliphatic rings. The first-order chi connectivity index (χ1) is 14.0. The lowest BCUT2D eigenvalue weighted by atomic mass is 10.00. The van der Waals surface area contributed by atoms with E-state index in [-0.39, 0.29) is 17.1 Å². The zero-order valence-electron chi connectivity index (χ0n) is 15.9. The first-order valence-electron chi connectivity index (χ1n) is 8.86. The van der Waals surface area contributed by atoms with E-state index in [1.54, 1.807) is 30.0 Å². The van der Waals surface area contributed by atoms with E-state index in [2.05, 4.69) is 51.9 Å². The van der Waals surface area contributed by atoms with Gasteiger partial charge in [0.2, 0.25) is 0 Å². The van der Waals surface area contributed by atoms with Gasteiger partial charge in [-0.2, -0.15) is 0 Å². The summed E-state index contributed by atoms with van der Waals surface area (Å²) < 4.78 is 13.5. The van der Waals surface area contributed by atoms with Gasteiger partial charge in [0.25, 0.3) is 1.43 Å². The van der Waals surface area contributed by atoms with Gasteiger partial charge < -0.3 is 15.0 Å². The third-order valence-electron chi connectivity index (χ3n) is 4.29. The van der Waals surface area contributed by atoms with Crippen LogP contribution in [0, 0.1) is 6.92 Å². The van der Waals surface area contributed by atoms with Crippen LogP contribution in [-0.2, 0) is 11.8 Å². The maximum atomic E-state index is 9.61. The molecule has 0 saturated carbocycles. The number of hydrogen-bond donors (Lipinski definition) is 2. The summed E-state index contributed by atoms with van der Waals surface area (Å²) >= 11 is 8.17. The summed E-state index contributed by atoms with van der Waals surface area (Å²) in [5.41, 5.74) is 3.21. The molecule has 1 heterocycles. The highest BCUT2D eigenvalue weighted by molar-refractivity contribution is 14.2. The average molecular weight is 542 g/mol. The van der Waals surface area contributed by atoms with Gasteiger partial charge in [-0.15, -0.1) is 11.8 Å². The average Bonchev–Trinajstić information content (AvgIpc) is 2.74. The van der Waals surface area contributed by atoms with Crippen LogP contribution in [0.25, 0.3) is 0 Å². The number of phenolic OH excluding ortho intramolecular Hbond substituents is 2. The van der Waals surface area contributed by atoms with Crippen molar-refractivity contribution in [2.24, 2.45) is 0 Å². The Bertz CT molecular complexity index is 988. The molecule has 3 aromatic carbocycles. The molecule has 0 aliphatic carbocycles. The predicted octanol–water partition coefficient (Wildman–Crippen LogP) is 7.12. The molecule has 0 unspecified atom stereocenters. The molecule has 2 atom stereocenters. The predicted molar refractivity (Wildman–Crippen MR) is 128 cm³/mol. The Hall–Kier alpha value is -1.34. The number of benzene rings is 3. The molecule has 7 heteroatoms. The molecular weight excluding hydrogens is 522 g/mol. The van der Waals surface area contributed by atoms with E-state index in [1.807, 2.05) is 42.5 Å². The van der Waals surface area contributed by atoms with Crippen LogP contribution in [0.5, 0.6) is 17.2 Å².